The number of carbonyl (C=O) groups excluding carboxylic acids is 1. The van der Waals surface area contributed by atoms with E-state index in [1.807, 2.05) is 7.05 Å². The first kappa shape index (κ1) is 23.3. The first-order valence-electron chi connectivity index (χ1n) is 12.2. The minimum Gasteiger partial charge on any atom is -0.369 e. The van der Waals surface area contributed by atoms with Gasteiger partial charge in [0.2, 0.25) is 5.91 Å². The standard InChI is InChI=1S/C27H37N5O/c1-29-27(32-14-12-24(19-32)15-21-7-3-2-4-8-21)30-17-22-9-5-10-23(16-22)18-31-13-6-11-25(20-31)26(28)33/h2-5,7-10,16,24-25H,6,11-15,17-20H2,1H3,(H2,28,33)(H,29,30). The van der Waals surface area contributed by atoms with Crippen LogP contribution in [0.1, 0.15) is 36.0 Å². The van der Waals surface area contributed by atoms with Gasteiger partial charge >= 0.3 is 0 Å². The van der Waals surface area contributed by atoms with Crippen molar-refractivity contribution in [2.24, 2.45) is 22.6 Å². The van der Waals surface area contributed by atoms with Crippen LogP contribution >= 0.6 is 0 Å². The minimum atomic E-state index is -0.169. The fourth-order valence-electron chi connectivity index (χ4n) is 5.18. The highest BCUT2D eigenvalue weighted by atomic mass is 16.1. The average Bonchev–Trinajstić information content (AvgIpc) is 3.29. The molecule has 2 fully saturated rings. The molecule has 6 heteroatoms. The number of rotatable bonds is 7. The second-order valence-corrected chi connectivity index (χ2v) is 9.49. The number of nitrogens with one attached hydrogen (secondary N) is 1. The van der Waals surface area contributed by atoms with Gasteiger partial charge < -0.3 is 16.0 Å². The Labute approximate surface area is 197 Å². The van der Waals surface area contributed by atoms with E-state index in [2.05, 4.69) is 74.7 Å². The van der Waals surface area contributed by atoms with Crippen LogP contribution in [-0.4, -0.2) is 54.9 Å². The second-order valence-electron chi connectivity index (χ2n) is 9.49. The number of benzene rings is 2. The van der Waals surface area contributed by atoms with Crippen LogP contribution in [0.25, 0.3) is 0 Å². The predicted octanol–water partition coefficient (Wildman–Crippen LogP) is 3.02. The summed E-state index contributed by atoms with van der Waals surface area (Å²) < 4.78 is 0. The molecule has 33 heavy (non-hydrogen) atoms. The molecule has 6 nitrogen and oxygen atoms in total. The zero-order chi connectivity index (χ0) is 23.0. The van der Waals surface area contributed by atoms with Crippen LogP contribution in [0.5, 0.6) is 0 Å². The normalized spacial score (nSPS) is 21.8. The van der Waals surface area contributed by atoms with Crippen molar-refractivity contribution in [3.05, 3.63) is 71.3 Å². The van der Waals surface area contributed by atoms with E-state index in [4.69, 9.17) is 5.73 Å². The van der Waals surface area contributed by atoms with E-state index in [9.17, 15) is 4.79 Å². The predicted molar refractivity (Wildman–Crippen MR) is 134 cm³/mol. The summed E-state index contributed by atoms with van der Waals surface area (Å²) in [4.78, 5) is 20.9. The Morgan fingerprint density at radius 2 is 1.82 bits per heavy atom. The lowest BCUT2D eigenvalue weighted by atomic mass is 9.97. The van der Waals surface area contributed by atoms with E-state index in [1.54, 1.807) is 0 Å². The van der Waals surface area contributed by atoms with Crippen LogP contribution in [-0.2, 0) is 24.3 Å². The summed E-state index contributed by atoms with van der Waals surface area (Å²) in [6.07, 6.45) is 4.28. The lowest BCUT2D eigenvalue weighted by molar-refractivity contribution is -0.123. The average molecular weight is 448 g/mol. The highest BCUT2D eigenvalue weighted by Crippen LogP contribution is 2.21. The first-order valence-corrected chi connectivity index (χ1v) is 12.2. The summed E-state index contributed by atoms with van der Waals surface area (Å²) in [6, 6.07) is 19.5. The number of nitrogens with zero attached hydrogens (tertiary/aromatic N) is 3. The zero-order valence-corrected chi connectivity index (χ0v) is 19.7. The number of piperidine rings is 1. The molecule has 2 heterocycles. The van der Waals surface area contributed by atoms with Crippen molar-refractivity contribution in [3.8, 4) is 0 Å². The van der Waals surface area contributed by atoms with Crippen LogP contribution in [0, 0.1) is 11.8 Å². The molecule has 2 aliphatic heterocycles. The number of primary amides is 1. The Morgan fingerprint density at radius 3 is 2.61 bits per heavy atom. The molecule has 4 rings (SSSR count). The van der Waals surface area contributed by atoms with Gasteiger partial charge in [0.05, 0.1) is 5.92 Å². The molecule has 0 aliphatic carbocycles. The largest absolute Gasteiger partial charge is 0.369 e. The van der Waals surface area contributed by atoms with Gasteiger partial charge in [-0.3, -0.25) is 14.7 Å². The Morgan fingerprint density at radius 1 is 1.03 bits per heavy atom. The molecule has 2 aliphatic rings. The molecule has 0 saturated carbocycles. The molecule has 2 unspecified atom stereocenters. The van der Waals surface area contributed by atoms with Crippen molar-refractivity contribution in [1.82, 2.24) is 15.1 Å². The van der Waals surface area contributed by atoms with Gasteiger partial charge in [0.15, 0.2) is 5.96 Å². The number of hydrogen-bond donors (Lipinski definition) is 2. The van der Waals surface area contributed by atoms with Gasteiger partial charge in [-0.1, -0.05) is 54.6 Å². The van der Waals surface area contributed by atoms with E-state index in [1.165, 1.54) is 23.1 Å². The molecular formula is C27H37N5O. The summed E-state index contributed by atoms with van der Waals surface area (Å²) in [7, 11) is 1.87. The highest BCUT2D eigenvalue weighted by molar-refractivity contribution is 5.80. The number of likely N-dealkylation sites (tertiary alicyclic amines) is 2. The van der Waals surface area contributed by atoms with Gasteiger partial charge in [-0.2, -0.15) is 0 Å². The van der Waals surface area contributed by atoms with Crippen molar-refractivity contribution < 1.29 is 4.79 Å². The maximum Gasteiger partial charge on any atom is 0.221 e. The molecular weight excluding hydrogens is 410 g/mol. The summed E-state index contributed by atoms with van der Waals surface area (Å²) >= 11 is 0. The third-order valence-electron chi connectivity index (χ3n) is 6.92. The molecule has 2 aromatic rings. The molecule has 2 atom stereocenters. The molecule has 3 N–H and O–H groups in total. The number of guanidine groups is 1. The third-order valence-corrected chi connectivity index (χ3v) is 6.92. The van der Waals surface area contributed by atoms with Crippen LogP contribution < -0.4 is 11.1 Å². The summed E-state index contributed by atoms with van der Waals surface area (Å²) in [5.41, 5.74) is 9.48. The zero-order valence-electron chi connectivity index (χ0n) is 19.7. The Balaban J connectivity index is 1.28. The fraction of sp³-hybridized carbons (Fsp3) is 0.481. The fourth-order valence-corrected chi connectivity index (χ4v) is 5.18. The molecule has 1 amide bonds. The lowest BCUT2D eigenvalue weighted by Gasteiger charge is -2.31. The van der Waals surface area contributed by atoms with Crippen molar-refractivity contribution in [2.75, 3.05) is 33.2 Å². The molecule has 0 aromatic heterocycles. The van der Waals surface area contributed by atoms with Crippen molar-refractivity contribution in [3.63, 3.8) is 0 Å². The monoisotopic (exact) mass is 447 g/mol. The van der Waals surface area contributed by atoms with Gasteiger partial charge in [-0.25, -0.2) is 0 Å². The lowest BCUT2D eigenvalue weighted by Crippen LogP contribution is -2.40. The minimum absolute atomic E-state index is 0.0156. The molecule has 2 saturated heterocycles. The Hall–Kier alpha value is -2.86. The SMILES string of the molecule is CN=C(NCc1cccc(CN2CCCC(C(N)=O)C2)c1)N1CCC(Cc2ccccc2)C1. The molecule has 176 valence electrons. The van der Waals surface area contributed by atoms with E-state index < -0.39 is 0 Å². The van der Waals surface area contributed by atoms with Gasteiger partial charge in [0.25, 0.3) is 0 Å². The summed E-state index contributed by atoms with van der Waals surface area (Å²) in [5, 5.41) is 3.57. The summed E-state index contributed by atoms with van der Waals surface area (Å²) in [5.74, 6) is 1.47. The van der Waals surface area contributed by atoms with Crippen LogP contribution in [0.15, 0.2) is 59.6 Å². The molecule has 0 radical (unpaired) electrons. The van der Waals surface area contributed by atoms with Crippen molar-refractivity contribution in [1.29, 1.82) is 0 Å². The van der Waals surface area contributed by atoms with Crippen molar-refractivity contribution >= 4 is 11.9 Å². The van der Waals surface area contributed by atoms with Gasteiger partial charge in [-0.05, 0) is 54.8 Å². The van der Waals surface area contributed by atoms with E-state index in [0.29, 0.717) is 5.92 Å². The van der Waals surface area contributed by atoms with Crippen molar-refractivity contribution in [2.45, 2.75) is 38.8 Å². The number of carbonyl (C=O) groups is 1. The number of hydrogen-bond acceptors (Lipinski definition) is 3. The molecule has 0 spiro atoms. The quantitative estimate of drug-likeness (QED) is 0.505. The van der Waals surface area contributed by atoms with Gasteiger partial charge in [0.1, 0.15) is 0 Å². The number of aliphatic imine (C=N–C) groups is 1. The highest BCUT2D eigenvalue weighted by Gasteiger charge is 2.25. The topological polar surface area (TPSA) is 74.0 Å². The number of amides is 1. The third kappa shape index (κ3) is 6.57. The number of nitrogens with two attached hydrogens (primary N) is 1. The van der Waals surface area contributed by atoms with Crippen LogP contribution in [0.3, 0.4) is 0 Å². The van der Waals surface area contributed by atoms with Gasteiger partial charge in [0, 0.05) is 39.8 Å². The van der Waals surface area contributed by atoms with Crippen LogP contribution in [0.4, 0.5) is 0 Å². The molecule has 0 bridgehead atoms. The molecule has 2 aromatic carbocycles. The second kappa shape index (κ2) is 11.3. The van der Waals surface area contributed by atoms with Crippen LogP contribution in [0.2, 0.25) is 0 Å². The maximum absolute atomic E-state index is 11.6. The summed E-state index contributed by atoms with van der Waals surface area (Å²) in [6.45, 7) is 5.50. The Bertz CT molecular complexity index is 945. The van der Waals surface area contributed by atoms with Gasteiger partial charge in [-0.15, -0.1) is 0 Å². The smallest absolute Gasteiger partial charge is 0.221 e. The maximum atomic E-state index is 11.6. The Kier molecular flexibility index (Phi) is 8.00. The van der Waals surface area contributed by atoms with E-state index in [0.717, 1.165) is 64.5 Å². The van der Waals surface area contributed by atoms with E-state index >= 15 is 0 Å². The van der Waals surface area contributed by atoms with E-state index in [-0.39, 0.29) is 11.8 Å². The first-order chi connectivity index (χ1) is 16.1.